The van der Waals surface area contributed by atoms with Crippen LogP contribution in [0, 0.1) is 12.3 Å². The third kappa shape index (κ3) is 6.75. The van der Waals surface area contributed by atoms with E-state index in [1.165, 1.54) is 0 Å². The molecule has 2 rings (SSSR count). The molecule has 1 amide bonds. The molecule has 0 radical (unpaired) electrons. The average Bonchev–Trinajstić information content (AvgIpc) is 2.59. The molecule has 136 valence electrons. The summed E-state index contributed by atoms with van der Waals surface area (Å²) in [7, 11) is 0. The van der Waals surface area contributed by atoms with Crippen molar-refractivity contribution in [2.45, 2.75) is 13.3 Å². The molecule has 0 unspecified atom stereocenters. The number of piperazine rings is 1. The minimum absolute atomic E-state index is 0. The first-order chi connectivity index (χ1) is 11.6. The summed E-state index contributed by atoms with van der Waals surface area (Å²) in [5, 5.41) is 3.90. The lowest BCUT2D eigenvalue weighted by Crippen LogP contribution is -2.54. The number of terminal acetylenes is 1. The smallest absolute Gasteiger partial charge is 0.227 e. The normalized spacial score (nSPS) is 14.5. The second-order valence-electron chi connectivity index (χ2n) is 5.55. The zero-order chi connectivity index (χ0) is 17.4. The van der Waals surface area contributed by atoms with Crippen LogP contribution in [0.15, 0.2) is 29.3 Å². The van der Waals surface area contributed by atoms with Crippen molar-refractivity contribution in [2.75, 3.05) is 39.3 Å². The summed E-state index contributed by atoms with van der Waals surface area (Å²) < 4.78 is 0. The second-order valence-corrected chi connectivity index (χ2v) is 5.99. The van der Waals surface area contributed by atoms with Gasteiger partial charge in [-0.15, -0.1) is 30.4 Å². The average molecular weight is 475 g/mol. The van der Waals surface area contributed by atoms with Crippen LogP contribution in [-0.4, -0.2) is 60.9 Å². The van der Waals surface area contributed by atoms with Crippen LogP contribution in [0.25, 0.3) is 0 Å². The van der Waals surface area contributed by atoms with Gasteiger partial charge < -0.3 is 15.1 Å². The number of nitrogens with one attached hydrogen (secondary N) is 1. The molecule has 5 nitrogen and oxygen atoms in total. The molecule has 0 bridgehead atoms. The molecule has 1 N–H and O–H groups in total. The van der Waals surface area contributed by atoms with Crippen LogP contribution in [0.5, 0.6) is 0 Å². The number of halogens is 2. The van der Waals surface area contributed by atoms with E-state index in [9.17, 15) is 4.79 Å². The zero-order valence-electron chi connectivity index (χ0n) is 14.4. The minimum atomic E-state index is 0. The molecule has 25 heavy (non-hydrogen) atoms. The first-order valence-corrected chi connectivity index (χ1v) is 8.50. The van der Waals surface area contributed by atoms with Crippen LogP contribution < -0.4 is 5.32 Å². The Labute approximate surface area is 171 Å². The molecule has 1 aliphatic heterocycles. The first-order valence-electron chi connectivity index (χ1n) is 8.13. The second kappa shape index (κ2) is 11.2. The molecule has 0 spiro atoms. The third-order valence-electron chi connectivity index (χ3n) is 3.83. The predicted molar refractivity (Wildman–Crippen MR) is 114 cm³/mol. The van der Waals surface area contributed by atoms with E-state index in [1.807, 2.05) is 36.1 Å². The first kappa shape index (κ1) is 21.6. The lowest BCUT2D eigenvalue weighted by Gasteiger charge is -2.36. The number of carbonyl (C=O) groups is 1. The fourth-order valence-corrected chi connectivity index (χ4v) is 2.86. The Hall–Kier alpha value is -1.46. The number of hydrogen-bond acceptors (Lipinski definition) is 2. The lowest BCUT2D eigenvalue weighted by molar-refractivity contribution is -0.131. The van der Waals surface area contributed by atoms with Crippen molar-refractivity contribution in [3.8, 4) is 12.3 Å². The van der Waals surface area contributed by atoms with E-state index in [0.717, 1.165) is 31.2 Å². The van der Waals surface area contributed by atoms with Crippen LogP contribution in [0.2, 0.25) is 5.02 Å². The number of nitrogens with zero attached hydrogens (tertiary/aromatic N) is 3. The van der Waals surface area contributed by atoms with E-state index >= 15 is 0 Å². The van der Waals surface area contributed by atoms with Crippen LogP contribution >= 0.6 is 35.6 Å². The fourth-order valence-electron chi connectivity index (χ4n) is 2.65. The number of aliphatic imine (C=N–C) groups is 1. The van der Waals surface area contributed by atoms with Gasteiger partial charge in [-0.05, 0) is 24.6 Å². The van der Waals surface area contributed by atoms with Crippen LogP contribution in [0.3, 0.4) is 0 Å². The van der Waals surface area contributed by atoms with Crippen LogP contribution in [0.1, 0.15) is 12.5 Å². The van der Waals surface area contributed by atoms with E-state index < -0.39 is 0 Å². The molecule has 1 aliphatic rings. The standard InChI is InChI=1S/C18H23ClN4O.HI/c1-3-8-21-18(20-4-2)23-11-9-22(10-12-23)17(24)14-15-6-5-7-16(19)13-15;/h1,5-7,13H,4,8-12,14H2,2H3,(H,20,21);1H. The summed E-state index contributed by atoms with van der Waals surface area (Å²) in [6, 6.07) is 7.45. The SMILES string of the molecule is C#CCN=C(NCC)N1CCN(C(=O)Cc2cccc(Cl)c2)CC1.I. The van der Waals surface area contributed by atoms with Gasteiger partial charge in [0.1, 0.15) is 6.54 Å². The predicted octanol–water partition coefficient (Wildman–Crippen LogP) is 2.24. The zero-order valence-corrected chi connectivity index (χ0v) is 17.5. The summed E-state index contributed by atoms with van der Waals surface area (Å²) in [5.41, 5.74) is 0.943. The summed E-state index contributed by atoms with van der Waals surface area (Å²) >= 11 is 5.97. The maximum atomic E-state index is 12.4. The van der Waals surface area contributed by atoms with Gasteiger partial charge in [0.15, 0.2) is 5.96 Å². The Kier molecular flexibility index (Phi) is 9.68. The highest BCUT2D eigenvalue weighted by atomic mass is 127. The van der Waals surface area contributed by atoms with Gasteiger partial charge in [0.2, 0.25) is 5.91 Å². The lowest BCUT2D eigenvalue weighted by atomic mass is 10.1. The molecule has 1 aromatic rings. The molecule has 1 aromatic carbocycles. The highest BCUT2D eigenvalue weighted by Crippen LogP contribution is 2.13. The van der Waals surface area contributed by atoms with E-state index in [1.54, 1.807) is 0 Å². The number of carbonyl (C=O) groups excluding carboxylic acids is 1. The largest absolute Gasteiger partial charge is 0.356 e. The quantitative estimate of drug-likeness (QED) is 0.315. The Bertz CT molecular complexity index is 636. The summed E-state index contributed by atoms with van der Waals surface area (Å²) in [4.78, 5) is 20.9. The number of guanidine groups is 1. The highest BCUT2D eigenvalue weighted by molar-refractivity contribution is 14.0. The van der Waals surface area contributed by atoms with Crippen molar-refractivity contribution in [2.24, 2.45) is 4.99 Å². The van der Waals surface area contributed by atoms with Crippen molar-refractivity contribution < 1.29 is 4.79 Å². The Balaban J connectivity index is 0.00000312. The van der Waals surface area contributed by atoms with Gasteiger partial charge in [-0.1, -0.05) is 29.7 Å². The number of rotatable bonds is 4. The number of benzene rings is 1. The highest BCUT2D eigenvalue weighted by Gasteiger charge is 2.22. The number of amides is 1. The van der Waals surface area contributed by atoms with Gasteiger partial charge in [0.25, 0.3) is 0 Å². The van der Waals surface area contributed by atoms with E-state index in [4.69, 9.17) is 18.0 Å². The molecule has 1 saturated heterocycles. The topological polar surface area (TPSA) is 47.9 Å². The van der Waals surface area contributed by atoms with Crippen molar-refractivity contribution in [3.05, 3.63) is 34.9 Å². The van der Waals surface area contributed by atoms with Gasteiger partial charge in [0, 0.05) is 37.7 Å². The Morgan fingerprint density at radius 2 is 2.00 bits per heavy atom. The molecular formula is C18H24ClIN4O. The minimum Gasteiger partial charge on any atom is -0.356 e. The maximum absolute atomic E-state index is 12.4. The van der Waals surface area contributed by atoms with Crippen molar-refractivity contribution in [1.82, 2.24) is 15.1 Å². The molecule has 1 heterocycles. The molecule has 0 saturated carbocycles. The fraction of sp³-hybridized carbons (Fsp3) is 0.444. The van der Waals surface area contributed by atoms with Crippen LogP contribution in [0.4, 0.5) is 0 Å². The van der Waals surface area contributed by atoms with Gasteiger partial charge in [-0.25, -0.2) is 4.99 Å². The maximum Gasteiger partial charge on any atom is 0.227 e. The summed E-state index contributed by atoms with van der Waals surface area (Å²) in [6.45, 7) is 6.03. The van der Waals surface area contributed by atoms with Gasteiger partial charge in [0.05, 0.1) is 6.42 Å². The monoisotopic (exact) mass is 474 g/mol. The van der Waals surface area contributed by atoms with Gasteiger partial charge >= 0.3 is 0 Å². The molecule has 0 aromatic heterocycles. The Morgan fingerprint density at radius 1 is 1.32 bits per heavy atom. The molecule has 1 fully saturated rings. The third-order valence-corrected chi connectivity index (χ3v) is 4.07. The Morgan fingerprint density at radius 3 is 2.60 bits per heavy atom. The molecule has 7 heteroatoms. The molecule has 0 aliphatic carbocycles. The van der Waals surface area contributed by atoms with Crippen molar-refractivity contribution in [1.29, 1.82) is 0 Å². The molecule has 0 atom stereocenters. The van der Waals surface area contributed by atoms with Crippen LogP contribution in [-0.2, 0) is 11.2 Å². The summed E-state index contributed by atoms with van der Waals surface area (Å²) in [6.07, 6.45) is 5.66. The van der Waals surface area contributed by atoms with Gasteiger partial charge in [-0.3, -0.25) is 4.79 Å². The van der Waals surface area contributed by atoms with E-state index in [0.29, 0.717) is 31.1 Å². The summed E-state index contributed by atoms with van der Waals surface area (Å²) in [5.74, 6) is 3.47. The number of hydrogen-bond donors (Lipinski definition) is 1. The van der Waals surface area contributed by atoms with Gasteiger partial charge in [-0.2, -0.15) is 0 Å². The van der Waals surface area contributed by atoms with E-state index in [-0.39, 0.29) is 29.9 Å². The van der Waals surface area contributed by atoms with Crippen molar-refractivity contribution in [3.63, 3.8) is 0 Å². The molecular weight excluding hydrogens is 451 g/mol. The van der Waals surface area contributed by atoms with Crippen molar-refractivity contribution >= 4 is 47.4 Å². The van der Waals surface area contributed by atoms with E-state index in [2.05, 4.69) is 21.1 Å².